The number of sulfone groups is 1. The van der Waals surface area contributed by atoms with Gasteiger partial charge in [-0.05, 0) is 87.2 Å². The van der Waals surface area contributed by atoms with Crippen molar-refractivity contribution in [1.29, 1.82) is 0 Å². The van der Waals surface area contributed by atoms with E-state index in [-0.39, 0.29) is 5.92 Å². The van der Waals surface area contributed by atoms with Crippen LogP contribution in [-0.4, -0.2) is 44.7 Å². The molecule has 0 radical (unpaired) electrons. The van der Waals surface area contributed by atoms with Crippen molar-refractivity contribution in [3.8, 4) is 0 Å². The van der Waals surface area contributed by atoms with Crippen LogP contribution in [0.15, 0.2) is 76.9 Å². The van der Waals surface area contributed by atoms with Crippen molar-refractivity contribution < 1.29 is 8.42 Å². The Morgan fingerprint density at radius 3 is 2.47 bits per heavy atom. The van der Waals surface area contributed by atoms with E-state index in [0.717, 1.165) is 56.5 Å². The molecule has 1 N–H and O–H groups in total. The first-order chi connectivity index (χ1) is 14.5. The zero-order chi connectivity index (χ0) is 21.0. The van der Waals surface area contributed by atoms with Crippen LogP contribution in [0.25, 0.3) is 0 Å². The van der Waals surface area contributed by atoms with Crippen LogP contribution in [0.5, 0.6) is 0 Å². The molecule has 1 saturated heterocycles. The first kappa shape index (κ1) is 21.1. The van der Waals surface area contributed by atoms with Gasteiger partial charge < -0.3 is 5.32 Å². The maximum absolute atomic E-state index is 13.7. The predicted octanol–water partition coefficient (Wildman–Crippen LogP) is 4.17. The maximum Gasteiger partial charge on any atom is 0.185 e. The minimum absolute atomic E-state index is 0.137. The van der Waals surface area contributed by atoms with Gasteiger partial charge in [-0.3, -0.25) is 4.90 Å². The number of rotatable bonds is 6. The molecule has 1 fully saturated rings. The highest BCUT2D eigenvalue weighted by Gasteiger charge is 2.38. The lowest BCUT2D eigenvalue weighted by molar-refractivity contribution is 0.199. The minimum atomic E-state index is -3.45. The molecule has 1 aliphatic carbocycles. The lowest BCUT2D eigenvalue weighted by Gasteiger charge is -2.37. The topological polar surface area (TPSA) is 49.4 Å². The molecule has 0 amide bonds. The van der Waals surface area contributed by atoms with E-state index >= 15 is 0 Å². The number of hydrogen-bond donors (Lipinski definition) is 1. The third kappa shape index (κ3) is 4.79. The van der Waals surface area contributed by atoms with E-state index in [0.29, 0.717) is 11.4 Å². The van der Waals surface area contributed by atoms with E-state index in [2.05, 4.69) is 28.4 Å². The second-order valence-electron chi connectivity index (χ2n) is 8.60. The molecule has 2 aliphatic heterocycles. The van der Waals surface area contributed by atoms with E-state index < -0.39 is 15.1 Å². The summed E-state index contributed by atoms with van der Waals surface area (Å²) in [7, 11) is -3.45. The van der Waals surface area contributed by atoms with E-state index in [1.807, 2.05) is 37.4 Å². The van der Waals surface area contributed by atoms with Gasteiger partial charge in [0.15, 0.2) is 9.84 Å². The summed E-state index contributed by atoms with van der Waals surface area (Å²) < 4.78 is 27.4. The SMILES string of the molecule is Cc1ccc(S(=O)(=O)C(C2=CCNC=C2)C2CCN(CC3=CCCC=C3)CC2)cc1. The average Bonchev–Trinajstić information content (AvgIpc) is 2.77. The Bertz CT molecular complexity index is 963. The van der Waals surface area contributed by atoms with Crippen molar-refractivity contribution in [2.45, 2.75) is 42.8 Å². The lowest BCUT2D eigenvalue weighted by atomic mass is 9.88. The van der Waals surface area contributed by atoms with E-state index in [4.69, 9.17) is 0 Å². The second-order valence-corrected chi connectivity index (χ2v) is 10.7. The maximum atomic E-state index is 13.7. The first-order valence-corrected chi connectivity index (χ1v) is 12.6. The van der Waals surface area contributed by atoms with Crippen molar-refractivity contribution in [3.05, 3.63) is 77.6 Å². The van der Waals surface area contributed by atoms with Crippen LogP contribution in [0.1, 0.15) is 31.2 Å². The summed E-state index contributed by atoms with van der Waals surface area (Å²) in [5.74, 6) is 0.137. The number of piperidine rings is 1. The molecular formula is C25H32N2O2S. The molecule has 1 aromatic rings. The molecule has 0 spiro atoms. The zero-order valence-electron chi connectivity index (χ0n) is 17.8. The Balaban J connectivity index is 1.53. The largest absolute Gasteiger partial charge is 0.387 e. The molecule has 5 heteroatoms. The number of likely N-dealkylation sites (tertiary alicyclic amines) is 1. The van der Waals surface area contributed by atoms with Crippen molar-refractivity contribution in [2.24, 2.45) is 5.92 Å². The van der Waals surface area contributed by atoms with Crippen LogP contribution in [0.4, 0.5) is 0 Å². The quantitative estimate of drug-likeness (QED) is 0.745. The van der Waals surface area contributed by atoms with Crippen LogP contribution in [0, 0.1) is 12.8 Å². The zero-order valence-corrected chi connectivity index (χ0v) is 18.6. The van der Waals surface area contributed by atoms with Gasteiger partial charge in [-0.25, -0.2) is 8.42 Å². The van der Waals surface area contributed by atoms with E-state index in [9.17, 15) is 8.42 Å². The summed E-state index contributed by atoms with van der Waals surface area (Å²) in [6.45, 7) is 5.55. The van der Waals surface area contributed by atoms with Gasteiger partial charge in [0, 0.05) is 13.1 Å². The highest BCUT2D eigenvalue weighted by molar-refractivity contribution is 7.92. The van der Waals surface area contributed by atoms with Crippen LogP contribution in [0.3, 0.4) is 0 Å². The fraction of sp³-hybridized carbons (Fsp3) is 0.440. The molecule has 1 unspecified atom stereocenters. The highest BCUT2D eigenvalue weighted by Crippen LogP contribution is 2.35. The normalized spacial score (nSPS) is 21.6. The summed E-state index contributed by atoms with van der Waals surface area (Å²) in [6.07, 6.45) is 16.8. The summed E-state index contributed by atoms with van der Waals surface area (Å²) in [4.78, 5) is 2.91. The summed E-state index contributed by atoms with van der Waals surface area (Å²) in [5, 5.41) is 2.67. The Labute approximate surface area is 181 Å². The molecule has 160 valence electrons. The fourth-order valence-electron chi connectivity index (χ4n) is 4.72. The predicted molar refractivity (Wildman–Crippen MR) is 123 cm³/mol. The first-order valence-electron chi connectivity index (χ1n) is 11.0. The van der Waals surface area contributed by atoms with Gasteiger partial charge in [-0.15, -0.1) is 0 Å². The number of nitrogens with zero attached hydrogens (tertiary/aromatic N) is 1. The number of nitrogens with one attached hydrogen (secondary N) is 1. The molecule has 4 rings (SSSR count). The molecule has 0 aromatic heterocycles. The second kappa shape index (κ2) is 9.36. The monoisotopic (exact) mass is 424 g/mol. The van der Waals surface area contributed by atoms with Crippen molar-refractivity contribution in [3.63, 3.8) is 0 Å². The summed E-state index contributed by atoms with van der Waals surface area (Å²) >= 11 is 0. The Hall–Kier alpha value is -2.11. The van der Waals surface area contributed by atoms with E-state index in [1.165, 1.54) is 5.57 Å². The van der Waals surface area contributed by atoms with Gasteiger partial charge in [-0.1, -0.05) is 42.0 Å². The van der Waals surface area contributed by atoms with Crippen molar-refractivity contribution >= 4 is 9.84 Å². The smallest absolute Gasteiger partial charge is 0.185 e. The molecule has 1 atom stereocenters. The molecule has 0 saturated carbocycles. The van der Waals surface area contributed by atoms with Crippen LogP contribution in [0.2, 0.25) is 0 Å². The third-order valence-corrected chi connectivity index (χ3v) is 8.65. The van der Waals surface area contributed by atoms with Crippen LogP contribution in [-0.2, 0) is 9.84 Å². The Morgan fingerprint density at radius 1 is 1.07 bits per heavy atom. The number of dihydropyridines is 1. The number of allylic oxidation sites excluding steroid dienone is 3. The number of hydrogen-bond acceptors (Lipinski definition) is 4. The molecular weight excluding hydrogens is 392 g/mol. The molecule has 0 bridgehead atoms. The van der Waals surface area contributed by atoms with Gasteiger partial charge in [-0.2, -0.15) is 0 Å². The molecule has 30 heavy (non-hydrogen) atoms. The lowest BCUT2D eigenvalue weighted by Crippen LogP contribution is -2.42. The van der Waals surface area contributed by atoms with Crippen molar-refractivity contribution in [2.75, 3.05) is 26.2 Å². The molecule has 4 nitrogen and oxygen atoms in total. The van der Waals surface area contributed by atoms with Gasteiger partial charge >= 0.3 is 0 Å². The Kier molecular flexibility index (Phi) is 6.59. The van der Waals surface area contributed by atoms with Crippen LogP contribution >= 0.6 is 0 Å². The molecule has 3 aliphatic rings. The fourth-order valence-corrected chi connectivity index (χ4v) is 6.84. The van der Waals surface area contributed by atoms with Gasteiger partial charge in [0.1, 0.15) is 0 Å². The Morgan fingerprint density at radius 2 is 1.83 bits per heavy atom. The molecule has 2 heterocycles. The number of benzene rings is 1. The minimum Gasteiger partial charge on any atom is -0.387 e. The van der Waals surface area contributed by atoms with Crippen molar-refractivity contribution in [1.82, 2.24) is 10.2 Å². The standard InChI is InChI=1S/C25H32N2O2S/c1-20-7-9-24(10-8-20)30(28,29)25(22-11-15-26-16-12-22)23-13-17-27(18-14-23)19-21-5-3-2-4-6-21/h3,5-12,15,23,25-26H,2,4,13-14,16-19H2,1H3. The van der Waals surface area contributed by atoms with Crippen LogP contribution < -0.4 is 5.32 Å². The van der Waals surface area contributed by atoms with Gasteiger partial charge in [0.2, 0.25) is 0 Å². The highest BCUT2D eigenvalue weighted by atomic mass is 32.2. The third-order valence-electron chi connectivity index (χ3n) is 6.40. The average molecular weight is 425 g/mol. The summed E-state index contributed by atoms with van der Waals surface area (Å²) in [5.41, 5.74) is 3.41. The number of aryl methyl sites for hydroxylation is 1. The van der Waals surface area contributed by atoms with E-state index in [1.54, 1.807) is 12.1 Å². The van der Waals surface area contributed by atoms with Gasteiger partial charge in [0.05, 0.1) is 10.1 Å². The summed E-state index contributed by atoms with van der Waals surface area (Å²) in [6, 6.07) is 7.31. The van der Waals surface area contributed by atoms with Gasteiger partial charge in [0.25, 0.3) is 0 Å². The molecule has 1 aromatic carbocycles.